The summed E-state index contributed by atoms with van der Waals surface area (Å²) in [5.41, 5.74) is -0.701. The van der Waals surface area contributed by atoms with E-state index < -0.39 is 11.4 Å². The summed E-state index contributed by atoms with van der Waals surface area (Å²) < 4.78 is 4.52. The molecule has 0 heterocycles. The van der Waals surface area contributed by atoms with Gasteiger partial charge in [-0.25, -0.2) is 0 Å². The molecule has 0 aliphatic heterocycles. The highest BCUT2D eigenvalue weighted by atomic mass is 35.5. The Morgan fingerprint density at radius 1 is 1.38 bits per heavy atom. The van der Waals surface area contributed by atoms with E-state index in [-0.39, 0.29) is 24.8 Å². The number of hydrogen-bond donors (Lipinski definition) is 1. The van der Waals surface area contributed by atoms with E-state index in [1.165, 1.54) is 7.11 Å². The molecule has 0 spiro atoms. The third-order valence-electron chi connectivity index (χ3n) is 1.70. The van der Waals surface area contributed by atoms with Crippen LogP contribution in [0.15, 0.2) is 0 Å². The van der Waals surface area contributed by atoms with Crippen LogP contribution >= 0.6 is 12.4 Å². The van der Waals surface area contributed by atoms with Crippen LogP contribution < -0.4 is 0 Å². The summed E-state index contributed by atoms with van der Waals surface area (Å²) in [6.45, 7) is 3.34. The van der Waals surface area contributed by atoms with Gasteiger partial charge in [-0.05, 0) is 20.3 Å². The van der Waals surface area contributed by atoms with Gasteiger partial charge in [0, 0.05) is 6.42 Å². The Hall–Kier alpha value is -0.770. The molecule has 0 radical (unpaired) electrons. The number of methoxy groups -OCH3 is 1. The standard InChI is InChI=1S/C8H14O4.ClH/c1-8(2,7(11)12-3)5-4-6(9)10;/h4-5H2,1-3H3,(H,9,10);1H. The van der Waals surface area contributed by atoms with Gasteiger partial charge in [0.15, 0.2) is 0 Å². The molecule has 0 aromatic heterocycles. The second kappa shape index (κ2) is 5.80. The van der Waals surface area contributed by atoms with Gasteiger partial charge in [0.2, 0.25) is 0 Å². The van der Waals surface area contributed by atoms with Crippen molar-refractivity contribution in [3.05, 3.63) is 0 Å². The fourth-order valence-electron chi connectivity index (χ4n) is 0.798. The molecule has 78 valence electrons. The molecule has 0 aliphatic rings. The molecule has 0 bridgehead atoms. The Labute approximate surface area is 83.7 Å². The number of carbonyl (C=O) groups excluding carboxylic acids is 1. The number of carboxylic acid groups (broad SMARTS) is 1. The van der Waals surface area contributed by atoms with Crippen LogP contribution in [-0.2, 0) is 14.3 Å². The number of aliphatic carboxylic acids is 1. The monoisotopic (exact) mass is 210 g/mol. The Morgan fingerprint density at radius 2 is 1.85 bits per heavy atom. The average molecular weight is 211 g/mol. The first-order chi connectivity index (χ1) is 5.40. The van der Waals surface area contributed by atoms with Crippen molar-refractivity contribution in [2.75, 3.05) is 7.11 Å². The van der Waals surface area contributed by atoms with Crippen molar-refractivity contribution in [2.45, 2.75) is 26.7 Å². The minimum Gasteiger partial charge on any atom is -0.481 e. The van der Waals surface area contributed by atoms with E-state index >= 15 is 0 Å². The number of ether oxygens (including phenoxy) is 1. The Bertz CT molecular complexity index is 189. The van der Waals surface area contributed by atoms with Crippen LogP contribution in [0.25, 0.3) is 0 Å². The summed E-state index contributed by atoms with van der Waals surface area (Å²) in [7, 11) is 1.30. The number of carboxylic acids is 1. The maximum Gasteiger partial charge on any atom is 0.311 e. The average Bonchev–Trinajstić information content (AvgIpc) is 1.99. The van der Waals surface area contributed by atoms with Crippen molar-refractivity contribution in [3.8, 4) is 0 Å². The van der Waals surface area contributed by atoms with Crippen LogP contribution in [0.2, 0.25) is 0 Å². The van der Waals surface area contributed by atoms with Gasteiger partial charge in [-0.2, -0.15) is 0 Å². The fourth-order valence-corrected chi connectivity index (χ4v) is 0.798. The SMILES string of the molecule is COC(=O)C(C)(C)CCC(=O)O.Cl. The molecule has 0 saturated heterocycles. The van der Waals surface area contributed by atoms with E-state index in [0.29, 0.717) is 6.42 Å². The first-order valence-corrected chi connectivity index (χ1v) is 3.70. The lowest BCUT2D eigenvalue weighted by Crippen LogP contribution is -2.26. The summed E-state index contributed by atoms with van der Waals surface area (Å²) in [6.07, 6.45) is 0.289. The van der Waals surface area contributed by atoms with Crippen molar-refractivity contribution in [1.82, 2.24) is 0 Å². The van der Waals surface area contributed by atoms with Gasteiger partial charge in [0.05, 0.1) is 12.5 Å². The number of rotatable bonds is 4. The molecular weight excluding hydrogens is 196 g/mol. The van der Waals surface area contributed by atoms with Crippen LogP contribution in [0, 0.1) is 5.41 Å². The maximum atomic E-state index is 11.0. The highest BCUT2D eigenvalue weighted by molar-refractivity contribution is 5.85. The molecule has 5 heteroatoms. The van der Waals surface area contributed by atoms with Crippen molar-refractivity contribution in [1.29, 1.82) is 0 Å². The summed E-state index contributed by atoms with van der Waals surface area (Å²) in [6, 6.07) is 0. The van der Waals surface area contributed by atoms with Gasteiger partial charge in [-0.3, -0.25) is 9.59 Å². The molecule has 0 atom stereocenters. The zero-order valence-electron chi connectivity index (χ0n) is 7.99. The molecule has 0 unspecified atom stereocenters. The molecule has 0 aromatic rings. The van der Waals surface area contributed by atoms with Crippen molar-refractivity contribution >= 4 is 24.3 Å². The predicted octanol–water partition coefficient (Wildman–Crippen LogP) is 1.47. The second-order valence-electron chi connectivity index (χ2n) is 3.27. The Balaban J connectivity index is 0. The molecule has 1 N–H and O–H groups in total. The van der Waals surface area contributed by atoms with Gasteiger partial charge in [0.1, 0.15) is 0 Å². The van der Waals surface area contributed by atoms with Crippen molar-refractivity contribution < 1.29 is 19.4 Å². The van der Waals surface area contributed by atoms with Gasteiger partial charge in [-0.1, -0.05) is 0 Å². The summed E-state index contributed by atoms with van der Waals surface area (Å²) in [5.74, 6) is -1.27. The molecule has 0 aromatic carbocycles. The quantitative estimate of drug-likeness (QED) is 0.714. The first kappa shape index (κ1) is 14.7. The van der Waals surface area contributed by atoms with E-state index in [1.54, 1.807) is 13.8 Å². The third-order valence-corrected chi connectivity index (χ3v) is 1.70. The molecule has 0 saturated carbocycles. The highest BCUT2D eigenvalue weighted by Crippen LogP contribution is 2.23. The largest absolute Gasteiger partial charge is 0.481 e. The van der Waals surface area contributed by atoms with Crippen LogP contribution in [0.4, 0.5) is 0 Å². The number of hydrogen-bond acceptors (Lipinski definition) is 3. The Kier molecular flexibility index (Phi) is 6.58. The normalized spacial score (nSPS) is 10.1. The molecule has 4 nitrogen and oxygen atoms in total. The number of carbonyl (C=O) groups is 2. The van der Waals surface area contributed by atoms with E-state index in [9.17, 15) is 9.59 Å². The van der Waals surface area contributed by atoms with Gasteiger partial charge in [-0.15, -0.1) is 12.4 Å². The van der Waals surface area contributed by atoms with Crippen LogP contribution in [0.1, 0.15) is 26.7 Å². The zero-order chi connectivity index (χ0) is 9.78. The molecule has 13 heavy (non-hydrogen) atoms. The molecule has 0 rings (SSSR count). The van der Waals surface area contributed by atoms with E-state index in [0.717, 1.165) is 0 Å². The molecule has 0 aliphatic carbocycles. The molecular formula is C8H15ClO4. The summed E-state index contributed by atoms with van der Waals surface area (Å²) in [4.78, 5) is 21.2. The Morgan fingerprint density at radius 3 is 2.15 bits per heavy atom. The minimum absolute atomic E-state index is 0. The smallest absolute Gasteiger partial charge is 0.311 e. The lowest BCUT2D eigenvalue weighted by Gasteiger charge is -2.19. The lowest BCUT2D eigenvalue weighted by molar-refractivity contribution is -0.151. The topological polar surface area (TPSA) is 63.6 Å². The summed E-state index contributed by atoms with van der Waals surface area (Å²) in [5, 5.41) is 8.38. The van der Waals surface area contributed by atoms with Crippen LogP contribution in [-0.4, -0.2) is 24.2 Å². The van der Waals surface area contributed by atoms with Crippen LogP contribution in [0.3, 0.4) is 0 Å². The fraction of sp³-hybridized carbons (Fsp3) is 0.750. The zero-order valence-corrected chi connectivity index (χ0v) is 8.81. The first-order valence-electron chi connectivity index (χ1n) is 3.70. The highest BCUT2D eigenvalue weighted by Gasteiger charge is 2.28. The second-order valence-corrected chi connectivity index (χ2v) is 3.27. The van der Waals surface area contributed by atoms with Gasteiger partial charge >= 0.3 is 11.9 Å². The number of halogens is 1. The van der Waals surface area contributed by atoms with Gasteiger partial charge < -0.3 is 9.84 Å². The lowest BCUT2D eigenvalue weighted by atomic mass is 9.88. The van der Waals surface area contributed by atoms with Gasteiger partial charge in [0.25, 0.3) is 0 Å². The van der Waals surface area contributed by atoms with E-state index in [4.69, 9.17) is 5.11 Å². The minimum atomic E-state index is -0.896. The summed E-state index contributed by atoms with van der Waals surface area (Å²) >= 11 is 0. The predicted molar refractivity (Wildman–Crippen MR) is 49.9 cm³/mol. The van der Waals surface area contributed by atoms with Crippen molar-refractivity contribution in [3.63, 3.8) is 0 Å². The van der Waals surface area contributed by atoms with Crippen molar-refractivity contribution in [2.24, 2.45) is 5.41 Å². The van der Waals surface area contributed by atoms with E-state index in [1.807, 2.05) is 0 Å². The van der Waals surface area contributed by atoms with E-state index in [2.05, 4.69) is 4.74 Å². The third kappa shape index (κ3) is 5.47. The molecule has 0 fully saturated rings. The number of esters is 1. The maximum absolute atomic E-state index is 11.0. The molecule has 0 amide bonds. The van der Waals surface area contributed by atoms with Crippen LogP contribution in [0.5, 0.6) is 0 Å².